The highest BCUT2D eigenvalue weighted by Gasteiger charge is 2.35. The highest BCUT2D eigenvalue weighted by molar-refractivity contribution is 5.89. The number of ether oxygens (including phenoxy) is 3. The van der Waals surface area contributed by atoms with Gasteiger partial charge in [0.2, 0.25) is 0 Å². The molecule has 0 spiro atoms. The smallest absolute Gasteiger partial charge is 0.410 e. The maximum absolute atomic E-state index is 12.7. The normalized spacial score (nSPS) is 14.1. The number of amides is 1. The molecule has 1 fully saturated rings. The van der Waals surface area contributed by atoms with E-state index in [1.165, 1.54) is 0 Å². The molecular weight excluding hydrogens is 354 g/mol. The van der Waals surface area contributed by atoms with E-state index in [1.54, 1.807) is 7.11 Å². The van der Waals surface area contributed by atoms with E-state index >= 15 is 0 Å². The van der Waals surface area contributed by atoms with E-state index in [4.69, 9.17) is 14.2 Å². The van der Waals surface area contributed by atoms with Gasteiger partial charge in [0.25, 0.3) is 0 Å². The minimum Gasteiger partial charge on any atom is -0.493 e. The zero-order valence-electron chi connectivity index (χ0n) is 17.4. The summed E-state index contributed by atoms with van der Waals surface area (Å²) in [6.45, 7) is 7.50. The topological polar surface area (TPSA) is 48.0 Å². The van der Waals surface area contributed by atoms with E-state index in [2.05, 4.69) is 24.3 Å². The highest BCUT2D eigenvalue weighted by atomic mass is 16.6. The van der Waals surface area contributed by atoms with Crippen LogP contribution in [0, 0.1) is 0 Å². The van der Waals surface area contributed by atoms with Crippen molar-refractivity contribution in [1.82, 2.24) is 4.90 Å². The Morgan fingerprint density at radius 3 is 2.57 bits per heavy atom. The zero-order valence-corrected chi connectivity index (χ0v) is 17.4. The molecule has 0 aromatic heterocycles. The van der Waals surface area contributed by atoms with E-state index in [1.807, 2.05) is 37.8 Å². The van der Waals surface area contributed by atoms with Gasteiger partial charge in [0.05, 0.1) is 6.61 Å². The molecule has 28 heavy (non-hydrogen) atoms. The average molecular weight is 386 g/mol. The minimum atomic E-state index is -0.497. The molecule has 2 aromatic rings. The molecule has 1 aliphatic carbocycles. The SMILES string of the molecule is COCCCOc1cc(CN(C(=O)OC(C)(C)C)C2CC2)cc2ccccc12. The number of hydrogen-bond acceptors (Lipinski definition) is 4. The van der Waals surface area contributed by atoms with Crippen molar-refractivity contribution >= 4 is 16.9 Å². The molecule has 3 rings (SSSR count). The first-order chi connectivity index (χ1) is 13.4. The lowest BCUT2D eigenvalue weighted by atomic mass is 10.1. The molecule has 2 aromatic carbocycles. The molecule has 0 N–H and O–H groups in total. The van der Waals surface area contributed by atoms with Gasteiger partial charge in [0.15, 0.2) is 0 Å². The lowest BCUT2D eigenvalue weighted by molar-refractivity contribution is 0.0216. The molecule has 5 nitrogen and oxygen atoms in total. The number of hydrogen-bond donors (Lipinski definition) is 0. The molecule has 152 valence electrons. The molecule has 0 unspecified atom stereocenters. The Balaban J connectivity index is 1.81. The van der Waals surface area contributed by atoms with Crippen LogP contribution in [0.1, 0.15) is 45.6 Å². The summed E-state index contributed by atoms with van der Waals surface area (Å²) in [4.78, 5) is 14.5. The fraction of sp³-hybridized carbons (Fsp3) is 0.522. The Morgan fingerprint density at radius 1 is 1.14 bits per heavy atom. The molecule has 0 radical (unpaired) electrons. The van der Waals surface area contributed by atoms with Crippen LogP contribution in [0.5, 0.6) is 5.75 Å². The Morgan fingerprint density at radius 2 is 1.89 bits per heavy atom. The number of nitrogens with zero attached hydrogens (tertiary/aromatic N) is 1. The second kappa shape index (κ2) is 8.82. The summed E-state index contributed by atoms with van der Waals surface area (Å²) in [5.41, 5.74) is 0.557. The van der Waals surface area contributed by atoms with Crippen LogP contribution in [0.2, 0.25) is 0 Å². The quantitative estimate of drug-likeness (QED) is 0.589. The van der Waals surface area contributed by atoms with Gasteiger partial charge in [-0.1, -0.05) is 24.3 Å². The Kier molecular flexibility index (Phi) is 6.45. The third-order valence-corrected chi connectivity index (χ3v) is 4.60. The number of rotatable bonds is 8. The molecule has 1 aliphatic rings. The summed E-state index contributed by atoms with van der Waals surface area (Å²) in [5.74, 6) is 0.851. The predicted octanol–water partition coefficient (Wildman–Crippen LogP) is 5.15. The van der Waals surface area contributed by atoms with E-state index in [0.717, 1.165) is 41.3 Å². The van der Waals surface area contributed by atoms with Crippen molar-refractivity contribution in [3.05, 3.63) is 42.0 Å². The van der Waals surface area contributed by atoms with Gasteiger partial charge in [-0.05, 0) is 56.7 Å². The highest BCUT2D eigenvalue weighted by Crippen LogP contribution is 2.33. The lowest BCUT2D eigenvalue weighted by Crippen LogP contribution is -2.37. The summed E-state index contributed by atoms with van der Waals surface area (Å²) in [6, 6.07) is 12.6. The van der Waals surface area contributed by atoms with Crippen molar-refractivity contribution in [2.75, 3.05) is 20.3 Å². The third-order valence-electron chi connectivity index (χ3n) is 4.60. The lowest BCUT2D eigenvalue weighted by Gasteiger charge is -2.27. The minimum absolute atomic E-state index is 0.245. The standard InChI is InChI=1S/C23H31NO4/c1-23(2,3)28-22(25)24(19-10-11-19)16-17-14-18-8-5-6-9-20(18)21(15-17)27-13-7-12-26-4/h5-6,8-9,14-15,19H,7,10-13,16H2,1-4H3. The first-order valence-electron chi connectivity index (χ1n) is 10.0. The molecule has 5 heteroatoms. The van der Waals surface area contributed by atoms with Gasteiger partial charge in [-0.2, -0.15) is 0 Å². The number of fused-ring (bicyclic) bond motifs is 1. The van der Waals surface area contributed by atoms with Crippen molar-refractivity contribution < 1.29 is 19.0 Å². The van der Waals surface area contributed by atoms with Crippen LogP contribution in [0.4, 0.5) is 4.79 Å². The number of carbonyl (C=O) groups is 1. The Hall–Kier alpha value is -2.27. The van der Waals surface area contributed by atoms with Gasteiger partial charge in [0.1, 0.15) is 11.4 Å². The summed E-state index contributed by atoms with van der Waals surface area (Å²) < 4.78 is 16.8. The molecule has 0 bridgehead atoms. The number of carbonyl (C=O) groups excluding carboxylic acids is 1. The average Bonchev–Trinajstić information content (AvgIpc) is 3.46. The van der Waals surface area contributed by atoms with Gasteiger partial charge >= 0.3 is 6.09 Å². The Bertz CT molecular complexity index is 808. The predicted molar refractivity (Wildman–Crippen MR) is 111 cm³/mol. The summed E-state index contributed by atoms with van der Waals surface area (Å²) in [5, 5.41) is 2.19. The van der Waals surface area contributed by atoms with E-state index < -0.39 is 5.60 Å². The zero-order chi connectivity index (χ0) is 20.1. The van der Waals surface area contributed by atoms with E-state index in [9.17, 15) is 4.79 Å². The first kappa shape index (κ1) is 20.5. The molecular formula is C23H31NO4. The van der Waals surface area contributed by atoms with Crippen LogP contribution in [-0.2, 0) is 16.0 Å². The molecule has 1 amide bonds. The van der Waals surface area contributed by atoms with Crippen LogP contribution >= 0.6 is 0 Å². The summed E-state index contributed by atoms with van der Waals surface area (Å²) >= 11 is 0. The molecule has 0 atom stereocenters. The van der Waals surface area contributed by atoms with Gasteiger partial charge in [-0.3, -0.25) is 0 Å². The van der Waals surface area contributed by atoms with E-state index in [-0.39, 0.29) is 12.1 Å². The van der Waals surface area contributed by atoms with Crippen molar-refractivity contribution in [3.8, 4) is 5.75 Å². The van der Waals surface area contributed by atoms with Crippen LogP contribution in [0.25, 0.3) is 10.8 Å². The van der Waals surface area contributed by atoms with Crippen molar-refractivity contribution in [1.29, 1.82) is 0 Å². The number of methoxy groups -OCH3 is 1. The van der Waals surface area contributed by atoms with Gasteiger partial charge in [-0.25, -0.2) is 4.79 Å². The number of benzene rings is 2. The summed E-state index contributed by atoms with van der Waals surface area (Å²) in [7, 11) is 1.69. The maximum Gasteiger partial charge on any atom is 0.410 e. The fourth-order valence-corrected chi connectivity index (χ4v) is 3.18. The van der Waals surface area contributed by atoms with Gasteiger partial charge in [0, 0.05) is 38.1 Å². The van der Waals surface area contributed by atoms with Crippen molar-refractivity contribution in [2.24, 2.45) is 0 Å². The van der Waals surface area contributed by atoms with Crippen LogP contribution in [-0.4, -0.2) is 43.0 Å². The molecule has 1 saturated carbocycles. The molecule has 0 aliphatic heterocycles. The van der Waals surface area contributed by atoms with Gasteiger partial charge in [-0.15, -0.1) is 0 Å². The van der Waals surface area contributed by atoms with Crippen LogP contribution in [0.3, 0.4) is 0 Å². The molecule has 0 saturated heterocycles. The third kappa shape index (κ3) is 5.61. The second-order valence-electron chi connectivity index (χ2n) is 8.35. The molecule has 0 heterocycles. The van der Waals surface area contributed by atoms with Crippen molar-refractivity contribution in [2.45, 2.75) is 58.2 Å². The Labute approximate surface area is 167 Å². The van der Waals surface area contributed by atoms with Crippen LogP contribution < -0.4 is 4.74 Å². The largest absolute Gasteiger partial charge is 0.493 e. The van der Waals surface area contributed by atoms with Gasteiger partial charge < -0.3 is 19.1 Å². The monoisotopic (exact) mass is 385 g/mol. The second-order valence-corrected chi connectivity index (χ2v) is 8.35. The van der Waals surface area contributed by atoms with Crippen LogP contribution in [0.15, 0.2) is 36.4 Å². The van der Waals surface area contributed by atoms with E-state index in [0.29, 0.717) is 19.8 Å². The first-order valence-corrected chi connectivity index (χ1v) is 10.0. The fourth-order valence-electron chi connectivity index (χ4n) is 3.18. The maximum atomic E-state index is 12.7. The van der Waals surface area contributed by atoms with Crippen molar-refractivity contribution in [3.63, 3.8) is 0 Å². The summed E-state index contributed by atoms with van der Waals surface area (Å²) in [6.07, 6.45) is 2.66.